The Kier molecular flexibility index (Phi) is 5.07. The summed E-state index contributed by atoms with van der Waals surface area (Å²) in [5.41, 5.74) is -1.47. The fraction of sp³-hybridized carbons (Fsp3) is 0.333. The first kappa shape index (κ1) is 21.6. The minimum Gasteiger partial charge on any atom is -0.310 e. The molecule has 1 saturated carbocycles. The van der Waals surface area contributed by atoms with Crippen molar-refractivity contribution < 1.29 is 13.2 Å². The van der Waals surface area contributed by atoms with Gasteiger partial charge in [-0.25, -0.2) is 24.6 Å². The molecule has 0 bridgehead atoms. The van der Waals surface area contributed by atoms with Crippen LogP contribution in [0, 0.1) is 11.3 Å². The molecule has 1 aliphatic rings. The number of fused-ring (bicyclic) bond motifs is 1. The second-order valence-electron chi connectivity index (χ2n) is 7.95. The molecule has 0 aromatic carbocycles. The third-order valence-electron chi connectivity index (χ3n) is 5.99. The quantitative estimate of drug-likeness (QED) is 0.483. The highest BCUT2D eigenvalue weighted by Gasteiger charge is 2.38. The number of nitriles is 1. The number of nitrogens with one attached hydrogen (secondary N) is 1. The molecule has 4 aromatic rings. The molecule has 34 heavy (non-hydrogen) atoms. The Morgan fingerprint density at radius 3 is 2.47 bits per heavy atom. The van der Waals surface area contributed by atoms with Gasteiger partial charge in [-0.1, -0.05) is 0 Å². The molecule has 0 aliphatic heterocycles. The number of nitrogens with zero attached hydrogens (tertiary/aromatic N) is 8. The van der Waals surface area contributed by atoms with Crippen molar-refractivity contribution >= 4 is 11.0 Å². The molecule has 172 valence electrons. The Bertz CT molecular complexity index is 1460. The number of hydrogen-bond donors (Lipinski definition) is 1. The van der Waals surface area contributed by atoms with E-state index in [2.05, 4.69) is 35.0 Å². The monoisotopic (exact) mass is 467 g/mol. The van der Waals surface area contributed by atoms with Crippen molar-refractivity contribution in [1.29, 1.82) is 5.26 Å². The molecule has 5 rings (SSSR count). The van der Waals surface area contributed by atoms with Gasteiger partial charge < -0.3 is 4.98 Å². The highest BCUT2D eigenvalue weighted by molar-refractivity contribution is 5.80. The van der Waals surface area contributed by atoms with Crippen molar-refractivity contribution in [1.82, 2.24) is 39.7 Å². The summed E-state index contributed by atoms with van der Waals surface area (Å²) in [4.78, 5) is 36.2. The Hall–Kier alpha value is -4.21. The SMILES string of the molecule is CC(c1cnc(C(F)(F)F)cn1)n1nc(C#N)c2c(=O)[nH]c([C@H]3CC[C@@H]3c3ncccn3)nc21. The Morgan fingerprint density at radius 1 is 1.15 bits per heavy atom. The van der Waals surface area contributed by atoms with E-state index >= 15 is 0 Å². The molecule has 1 unspecified atom stereocenters. The number of aromatic amines is 1. The van der Waals surface area contributed by atoms with Crippen LogP contribution in [0.4, 0.5) is 13.2 Å². The van der Waals surface area contributed by atoms with E-state index < -0.39 is 23.5 Å². The second kappa shape index (κ2) is 7.98. The molecule has 10 nitrogen and oxygen atoms in total. The van der Waals surface area contributed by atoms with Gasteiger partial charge in [-0.2, -0.15) is 23.5 Å². The first-order chi connectivity index (χ1) is 16.3. The van der Waals surface area contributed by atoms with Crippen molar-refractivity contribution in [2.75, 3.05) is 0 Å². The van der Waals surface area contributed by atoms with Gasteiger partial charge in [0.15, 0.2) is 17.0 Å². The lowest BCUT2D eigenvalue weighted by atomic mass is 9.72. The molecule has 0 saturated heterocycles. The number of H-pyrrole nitrogens is 1. The lowest BCUT2D eigenvalue weighted by Crippen LogP contribution is -2.28. The maximum atomic E-state index is 12.9. The minimum atomic E-state index is -4.62. The van der Waals surface area contributed by atoms with Gasteiger partial charge in [0, 0.05) is 24.2 Å². The molecular weight excluding hydrogens is 451 g/mol. The van der Waals surface area contributed by atoms with Crippen LogP contribution in [0.3, 0.4) is 0 Å². The lowest BCUT2D eigenvalue weighted by Gasteiger charge is -2.34. The van der Waals surface area contributed by atoms with E-state index in [0.717, 1.165) is 19.0 Å². The molecule has 0 amide bonds. The fourth-order valence-corrected chi connectivity index (χ4v) is 4.05. The standard InChI is InChI=1S/C21H16F3N9O/c1-10(14-8-29-15(9-28-14)21(22,23)24)33-19-16(13(7-25)32-33)20(34)31-18(30-19)12-4-3-11(12)17-26-5-2-6-27-17/h2,5-6,8-12H,3-4H2,1H3,(H,30,31,34)/t10?,11-,12-/m0/s1. The Morgan fingerprint density at radius 2 is 1.88 bits per heavy atom. The van der Waals surface area contributed by atoms with Crippen LogP contribution < -0.4 is 5.56 Å². The van der Waals surface area contributed by atoms with Crippen LogP contribution in [0.2, 0.25) is 0 Å². The first-order valence-electron chi connectivity index (χ1n) is 10.4. The number of rotatable bonds is 4. The summed E-state index contributed by atoms with van der Waals surface area (Å²) in [5, 5.41) is 13.7. The molecule has 4 heterocycles. The van der Waals surface area contributed by atoms with Crippen molar-refractivity contribution in [3.8, 4) is 6.07 Å². The van der Waals surface area contributed by atoms with Crippen molar-refractivity contribution in [2.45, 2.75) is 43.8 Å². The van der Waals surface area contributed by atoms with Crippen LogP contribution >= 0.6 is 0 Å². The van der Waals surface area contributed by atoms with Gasteiger partial charge >= 0.3 is 6.18 Å². The maximum Gasteiger partial charge on any atom is 0.434 e. The van der Waals surface area contributed by atoms with E-state index in [1.165, 1.54) is 4.68 Å². The number of aromatic nitrogens is 8. The Balaban J connectivity index is 1.57. The molecule has 0 radical (unpaired) electrons. The van der Waals surface area contributed by atoms with Gasteiger partial charge in [0.1, 0.15) is 23.1 Å². The van der Waals surface area contributed by atoms with Gasteiger partial charge in [-0.05, 0) is 25.8 Å². The second-order valence-corrected chi connectivity index (χ2v) is 7.95. The van der Waals surface area contributed by atoms with Gasteiger partial charge in [0.25, 0.3) is 5.56 Å². The van der Waals surface area contributed by atoms with Crippen LogP contribution in [0.1, 0.15) is 66.4 Å². The summed E-state index contributed by atoms with van der Waals surface area (Å²) >= 11 is 0. The van der Waals surface area contributed by atoms with E-state index in [1.54, 1.807) is 25.4 Å². The minimum absolute atomic E-state index is 0.00445. The van der Waals surface area contributed by atoms with E-state index in [4.69, 9.17) is 0 Å². The van der Waals surface area contributed by atoms with Crippen LogP contribution in [-0.2, 0) is 6.18 Å². The molecule has 3 atom stereocenters. The van der Waals surface area contributed by atoms with Crippen LogP contribution in [0.5, 0.6) is 0 Å². The van der Waals surface area contributed by atoms with Gasteiger partial charge in [-0.15, -0.1) is 0 Å². The number of halogens is 3. The zero-order chi connectivity index (χ0) is 24.0. The molecule has 0 spiro atoms. The highest BCUT2D eigenvalue weighted by atomic mass is 19.4. The molecule has 4 aromatic heterocycles. The number of alkyl halides is 3. The van der Waals surface area contributed by atoms with E-state index in [9.17, 15) is 23.2 Å². The third kappa shape index (κ3) is 3.57. The predicted octanol–water partition coefficient (Wildman–Crippen LogP) is 2.86. The van der Waals surface area contributed by atoms with Crippen LogP contribution in [0.25, 0.3) is 11.0 Å². The van der Waals surface area contributed by atoms with Crippen molar-refractivity contribution in [3.63, 3.8) is 0 Å². The fourth-order valence-electron chi connectivity index (χ4n) is 4.05. The lowest BCUT2D eigenvalue weighted by molar-refractivity contribution is -0.141. The normalized spacial score (nSPS) is 18.9. The van der Waals surface area contributed by atoms with Crippen molar-refractivity contribution in [3.05, 3.63) is 69.9 Å². The van der Waals surface area contributed by atoms with E-state index in [0.29, 0.717) is 17.8 Å². The summed E-state index contributed by atoms with van der Waals surface area (Å²) in [6.45, 7) is 1.62. The summed E-state index contributed by atoms with van der Waals surface area (Å²) in [5.74, 6) is 0.917. The zero-order valence-corrected chi connectivity index (χ0v) is 17.7. The molecular formula is C21H16F3N9O. The van der Waals surface area contributed by atoms with Crippen molar-refractivity contribution in [2.24, 2.45) is 0 Å². The third-order valence-corrected chi connectivity index (χ3v) is 5.99. The van der Waals surface area contributed by atoms with Gasteiger partial charge in [-0.3, -0.25) is 9.78 Å². The Labute approximate surface area is 189 Å². The summed E-state index contributed by atoms with van der Waals surface area (Å²) in [6.07, 6.45) is 1.90. The van der Waals surface area contributed by atoms with Crippen LogP contribution in [0.15, 0.2) is 35.6 Å². The van der Waals surface area contributed by atoms with E-state index in [1.807, 2.05) is 6.07 Å². The smallest absolute Gasteiger partial charge is 0.310 e. The average Bonchev–Trinajstić information content (AvgIpc) is 3.17. The predicted molar refractivity (Wildman–Crippen MR) is 110 cm³/mol. The largest absolute Gasteiger partial charge is 0.434 e. The highest BCUT2D eigenvalue weighted by Crippen LogP contribution is 2.46. The summed E-state index contributed by atoms with van der Waals surface area (Å²) in [7, 11) is 0. The summed E-state index contributed by atoms with van der Waals surface area (Å²) < 4.78 is 39.9. The summed E-state index contributed by atoms with van der Waals surface area (Å²) in [6, 6.07) is 2.86. The number of hydrogen-bond acceptors (Lipinski definition) is 8. The van der Waals surface area contributed by atoms with Gasteiger partial charge in [0.05, 0.1) is 24.1 Å². The molecule has 1 fully saturated rings. The maximum absolute atomic E-state index is 12.9. The molecule has 1 N–H and O–H groups in total. The zero-order valence-electron chi connectivity index (χ0n) is 17.7. The molecule has 1 aliphatic carbocycles. The van der Waals surface area contributed by atoms with Gasteiger partial charge in [0.2, 0.25) is 0 Å². The average molecular weight is 467 g/mol. The van der Waals surface area contributed by atoms with Crippen LogP contribution in [-0.4, -0.2) is 39.7 Å². The topological polar surface area (TPSA) is 139 Å². The van der Waals surface area contributed by atoms with E-state index in [-0.39, 0.29) is 34.3 Å². The molecule has 13 heteroatoms. The first-order valence-corrected chi connectivity index (χ1v) is 10.4.